The van der Waals surface area contributed by atoms with Gasteiger partial charge in [0.15, 0.2) is 0 Å². The Morgan fingerprint density at radius 1 is 1.03 bits per heavy atom. The molecule has 2 aromatic rings. The molecule has 0 atom stereocenters. The molecule has 0 unspecified atom stereocenters. The molecule has 1 aromatic carbocycles. The number of anilines is 1. The minimum absolute atomic E-state index is 0.366. The minimum Gasteiger partial charge on any atom is -0.444 e. The molecule has 3 rings (SSSR count). The Labute approximate surface area is 166 Å². The Kier molecular flexibility index (Phi) is 5.63. The van der Waals surface area contributed by atoms with E-state index in [2.05, 4.69) is 15.2 Å². The van der Waals surface area contributed by atoms with Crippen molar-refractivity contribution in [1.82, 2.24) is 20.1 Å². The van der Waals surface area contributed by atoms with Gasteiger partial charge >= 0.3 is 12.3 Å². The molecule has 0 aliphatic carbocycles. The molecule has 156 valence electrons. The molecule has 1 aliphatic heterocycles. The van der Waals surface area contributed by atoms with Gasteiger partial charge in [0.05, 0.1) is 17.5 Å². The average Bonchev–Trinajstić information content (AvgIpc) is 2.66. The van der Waals surface area contributed by atoms with E-state index in [4.69, 9.17) is 4.74 Å². The predicted octanol–water partition coefficient (Wildman–Crippen LogP) is 3.61. The molecule has 2 heterocycles. The number of hydrogen-bond acceptors (Lipinski definition) is 6. The molecule has 1 fully saturated rings. The number of halogens is 3. The van der Waals surface area contributed by atoms with Gasteiger partial charge in [-0.25, -0.2) is 9.78 Å². The van der Waals surface area contributed by atoms with E-state index in [1.807, 2.05) is 25.7 Å². The molecular formula is C19H22F3N5O2. The standard InChI is InChI=1S/C19H22F3N5O2/c1-18(2,3)29-17(28)27-10-8-26(9-11-27)16-24-15(12-23-25-16)13-4-6-14(7-5-13)19(20,21)22/h4-7,12H,8-11H2,1-3H3. The van der Waals surface area contributed by atoms with E-state index in [1.165, 1.54) is 18.3 Å². The van der Waals surface area contributed by atoms with E-state index >= 15 is 0 Å². The van der Waals surface area contributed by atoms with E-state index in [9.17, 15) is 18.0 Å². The first kappa shape index (κ1) is 20.8. The lowest BCUT2D eigenvalue weighted by atomic mass is 10.1. The molecule has 0 bridgehead atoms. The molecule has 29 heavy (non-hydrogen) atoms. The normalized spacial score (nSPS) is 15.4. The van der Waals surface area contributed by atoms with Crippen LogP contribution in [0.4, 0.5) is 23.9 Å². The zero-order valence-corrected chi connectivity index (χ0v) is 16.4. The van der Waals surface area contributed by atoms with Crippen molar-refractivity contribution in [2.24, 2.45) is 0 Å². The predicted molar refractivity (Wildman–Crippen MR) is 100 cm³/mol. The molecule has 0 radical (unpaired) electrons. The zero-order valence-electron chi connectivity index (χ0n) is 16.4. The van der Waals surface area contributed by atoms with Crippen LogP contribution in [0.25, 0.3) is 11.3 Å². The second kappa shape index (κ2) is 7.84. The summed E-state index contributed by atoms with van der Waals surface area (Å²) in [7, 11) is 0. The van der Waals surface area contributed by atoms with Gasteiger partial charge in [-0.1, -0.05) is 12.1 Å². The van der Waals surface area contributed by atoms with E-state index in [0.29, 0.717) is 43.4 Å². The molecule has 1 aromatic heterocycles. The lowest BCUT2D eigenvalue weighted by molar-refractivity contribution is -0.137. The summed E-state index contributed by atoms with van der Waals surface area (Å²) in [6.07, 6.45) is -3.35. The topological polar surface area (TPSA) is 71.5 Å². The van der Waals surface area contributed by atoms with Crippen LogP contribution >= 0.6 is 0 Å². The molecule has 0 spiro atoms. The van der Waals surface area contributed by atoms with Crippen molar-refractivity contribution in [2.75, 3.05) is 31.1 Å². The summed E-state index contributed by atoms with van der Waals surface area (Å²) < 4.78 is 43.6. The summed E-state index contributed by atoms with van der Waals surface area (Å²) in [4.78, 5) is 20.1. The number of aromatic nitrogens is 3. The zero-order chi connectivity index (χ0) is 21.2. The maximum atomic E-state index is 12.7. The molecule has 7 nitrogen and oxygen atoms in total. The second-order valence-corrected chi connectivity index (χ2v) is 7.67. The Balaban J connectivity index is 1.67. The highest BCUT2D eigenvalue weighted by Gasteiger charge is 2.30. The van der Waals surface area contributed by atoms with Crippen LogP contribution in [0.3, 0.4) is 0 Å². The van der Waals surface area contributed by atoms with Crippen LogP contribution < -0.4 is 4.90 Å². The van der Waals surface area contributed by atoms with Crippen LogP contribution in [0.5, 0.6) is 0 Å². The SMILES string of the molecule is CC(C)(C)OC(=O)N1CCN(c2nncc(-c3ccc(C(F)(F)F)cc3)n2)CC1. The van der Waals surface area contributed by atoms with Crippen LogP contribution in [0.1, 0.15) is 26.3 Å². The number of amides is 1. The van der Waals surface area contributed by atoms with Gasteiger partial charge in [-0.2, -0.15) is 18.3 Å². The summed E-state index contributed by atoms with van der Waals surface area (Å²) >= 11 is 0. The fourth-order valence-electron chi connectivity index (χ4n) is 2.81. The Hall–Kier alpha value is -2.91. The maximum absolute atomic E-state index is 12.7. The van der Waals surface area contributed by atoms with E-state index in [1.54, 1.807) is 4.90 Å². The van der Waals surface area contributed by atoms with E-state index < -0.39 is 17.3 Å². The number of hydrogen-bond donors (Lipinski definition) is 0. The Morgan fingerprint density at radius 3 is 2.21 bits per heavy atom. The number of nitrogens with zero attached hydrogens (tertiary/aromatic N) is 5. The van der Waals surface area contributed by atoms with Crippen molar-refractivity contribution in [3.05, 3.63) is 36.0 Å². The highest BCUT2D eigenvalue weighted by Crippen LogP contribution is 2.30. The van der Waals surface area contributed by atoms with E-state index in [-0.39, 0.29) is 6.09 Å². The number of rotatable bonds is 2. The summed E-state index contributed by atoms with van der Waals surface area (Å²) in [5.41, 5.74) is -0.335. The van der Waals surface area contributed by atoms with Crippen molar-refractivity contribution in [1.29, 1.82) is 0 Å². The first-order valence-corrected chi connectivity index (χ1v) is 9.13. The first-order valence-electron chi connectivity index (χ1n) is 9.13. The molecule has 1 amide bonds. The number of piperazine rings is 1. The minimum atomic E-state index is -4.39. The molecular weight excluding hydrogens is 387 g/mol. The van der Waals surface area contributed by atoms with Gasteiger partial charge in [0.25, 0.3) is 0 Å². The number of benzene rings is 1. The van der Waals surface area contributed by atoms with Gasteiger partial charge in [-0.15, -0.1) is 5.10 Å². The van der Waals surface area contributed by atoms with Crippen molar-refractivity contribution in [3.63, 3.8) is 0 Å². The van der Waals surface area contributed by atoms with E-state index in [0.717, 1.165) is 12.1 Å². The number of carbonyl (C=O) groups is 1. The highest BCUT2D eigenvalue weighted by atomic mass is 19.4. The summed E-state index contributed by atoms with van der Waals surface area (Å²) in [6, 6.07) is 4.74. The fraction of sp³-hybridized carbons (Fsp3) is 0.474. The van der Waals surface area contributed by atoms with Crippen molar-refractivity contribution >= 4 is 12.0 Å². The van der Waals surface area contributed by atoms with Crippen molar-refractivity contribution in [2.45, 2.75) is 32.5 Å². The summed E-state index contributed by atoms with van der Waals surface area (Å²) in [5, 5.41) is 7.95. The van der Waals surface area contributed by atoms with Crippen molar-refractivity contribution in [3.8, 4) is 11.3 Å². The van der Waals surface area contributed by atoms with Gasteiger partial charge in [-0.3, -0.25) is 0 Å². The third-order valence-electron chi connectivity index (χ3n) is 4.27. The summed E-state index contributed by atoms with van der Waals surface area (Å²) in [5.74, 6) is 0.367. The fourth-order valence-corrected chi connectivity index (χ4v) is 2.81. The van der Waals surface area contributed by atoms with Crippen LogP contribution in [0.2, 0.25) is 0 Å². The van der Waals surface area contributed by atoms with Gasteiger partial charge in [-0.05, 0) is 32.9 Å². The largest absolute Gasteiger partial charge is 0.444 e. The number of carbonyl (C=O) groups excluding carboxylic acids is 1. The highest BCUT2D eigenvalue weighted by molar-refractivity contribution is 5.68. The number of ether oxygens (including phenoxy) is 1. The Morgan fingerprint density at radius 2 is 1.66 bits per heavy atom. The smallest absolute Gasteiger partial charge is 0.416 e. The molecule has 0 N–H and O–H groups in total. The number of alkyl halides is 3. The quantitative estimate of drug-likeness (QED) is 0.755. The van der Waals surface area contributed by atoms with Crippen LogP contribution in [-0.4, -0.2) is 58.0 Å². The maximum Gasteiger partial charge on any atom is 0.416 e. The third kappa shape index (κ3) is 5.33. The monoisotopic (exact) mass is 409 g/mol. The van der Waals surface area contributed by atoms with Crippen LogP contribution in [0.15, 0.2) is 30.5 Å². The third-order valence-corrected chi connectivity index (χ3v) is 4.27. The molecule has 10 heteroatoms. The lowest BCUT2D eigenvalue weighted by Gasteiger charge is -2.35. The van der Waals surface area contributed by atoms with Gasteiger partial charge in [0, 0.05) is 31.7 Å². The average molecular weight is 409 g/mol. The summed E-state index contributed by atoms with van der Waals surface area (Å²) in [6.45, 7) is 7.33. The molecule has 0 saturated carbocycles. The molecule has 1 saturated heterocycles. The van der Waals surface area contributed by atoms with Gasteiger partial charge < -0.3 is 14.5 Å². The Bertz CT molecular complexity index is 857. The lowest BCUT2D eigenvalue weighted by Crippen LogP contribution is -2.50. The van der Waals surface area contributed by atoms with Crippen molar-refractivity contribution < 1.29 is 22.7 Å². The first-order chi connectivity index (χ1) is 13.5. The van der Waals surface area contributed by atoms with Gasteiger partial charge in [0.2, 0.25) is 5.95 Å². The second-order valence-electron chi connectivity index (χ2n) is 7.67. The van der Waals surface area contributed by atoms with Gasteiger partial charge in [0.1, 0.15) is 5.60 Å². The van der Waals surface area contributed by atoms with Crippen LogP contribution in [0, 0.1) is 0 Å². The molecule has 1 aliphatic rings. The van der Waals surface area contributed by atoms with Crippen LogP contribution in [-0.2, 0) is 10.9 Å².